The van der Waals surface area contributed by atoms with Crippen molar-refractivity contribution in [3.8, 4) is 0 Å². The fourth-order valence-corrected chi connectivity index (χ4v) is 2.63. The molecule has 1 N–H and O–H groups in total. The van der Waals surface area contributed by atoms with Gasteiger partial charge in [-0.1, -0.05) is 18.2 Å². The zero-order valence-corrected chi connectivity index (χ0v) is 13.1. The van der Waals surface area contributed by atoms with Crippen molar-refractivity contribution in [1.82, 2.24) is 14.9 Å². The number of carbonyl (C=O) groups is 1. The van der Waals surface area contributed by atoms with Crippen LogP contribution in [0.3, 0.4) is 0 Å². The average Bonchev–Trinajstić information content (AvgIpc) is 2.62. The number of rotatable bonds is 5. The molecule has 2 aromatic rings. The lowest BCUT2D eigenvalue weighted by Crippen LogP contribution is -2.47. The number of nitrogens with zero attached hydrogens (tertiary/aromatic N) is 4. The van der Waals surface area contributed by atoms with Gasteiger partial charge in [0.25, 0.3) is 0 Å². The minimum absolute atomic E-state index is 0.0602. The largest absolute Gasteiger partial charge is 0.338 e. The second-order valence-electron chi connectivity index (χ2n) is 5.54. The molecule has 1 aromatic heterocycles. The number of aromatic nitrogens is 2. The van der Waals surface area contributed by atoms with Crippen molar-refractivity contribution < 1.29 is 4.79 Å². The van der Waals surface area contributed by atoms with Crippen molar-refractivity contribution in [1.29, 1.82) is 0 Å². The van der Waals surface area contributed by atoms with E-state index in [2.05, 4.69) is 25.1 Å². The molecule has 120 valence electrons. The summed E-state index contributed by atoms with van der Waals surface area (Å²) in [6.45, 7) is 4.42. The molecule has 1 saturated heterocycles. The van der Waals surface area contributed by atoms with Crippen molar-refractivity contribution in [3.63, 3.8) is 0 Å². The standard InChI is InChI=1S/C17H21N5O/c23-16(20-15-5-2-1-3-6-15)7-10-21-11-13-22(14-12-21)17-18-8-4-9-19-17/h1-6,8-9H,7,10-14H2,(H,20,23). The first kappa shape index (κ1) is 15.4. The number of amides is 1. The lowest BCUT2D eigenvalue weighted by atomic mass is 10.2. The zero-order chi connectivity index (χ0) is 15.9. The van der Waals surface area contributed by atoms with Gasteiger partial charge in [-0.05, 0) is 18.2 Å². The molecule has 1 fully saturated rings. The van der Waals surface area contributed by atoms with E-state index in [0.29, 0.717) is 6.42 Å². The highest BCUT2D eigenvalue weighted by Gasteiger charge is 2.19. The third-order valence-electron chi connectivity index (χ3n) is 3.92. The van der Waals surface area contributed by atoms with E-state index < -0.39 is 0 Å². The molecule has 6 heteroatoms. The third-order valence-corrected chi connectivity index (χ3v) is 3.92. The van der Waals surface area contributed by atoms with Crippen LogP contribution in [0, 0.1) is 0 Å². The minimum atomic E-state index is 0.0602. The van der Waals surface area contributed by atoms with Crippen LogP contribution in [0.15, 0.2) is 48.8 Å². The summed E-state index contributed by atoms with van der Waals surface area (Å²) in [5, 5.41) is 2.92. The summed E-state index contributed by atoms with van der Waals surface area (Å²) in [6, 6.07) is 11.4. The van der Waals surface area contributed by atoms with Gasteiger partial charge >= 0.3 is 0 Å². The third kappa shape index (κ3) is 4.50. The maximum Gasteiger partial charge on any atom is 0.225 e. The van der Waals surface area contributed by atoms with E-state index in [1.54, 1.807) is 12.4 Å². The molecule has 1 aromatic carbocycles. The Hall–Kier alpha value is -2.47. The fraction of sp³-hybridized carbons (Fsp3) is 0.353. The van der Waals surface area contributed by atoms with Gasteiger partial charge in [-0.25, -0.2) is 9.97 Å². The number of anilines is 2. The Kier molecular flexibility index (Phi) is 5.16. The second kappa shape index (κ2) is 7.69. The van der Waals surface area contributed by atoms with Crippen LogP contribution in [0.5, 0.6) is 0 Å². The smallest absolute Gasteiger partial charge is 0.225 e. The molecular formula is C17H21N5O. The first-order valence-corrected chi connectivity index (χ1v) is 7.90. The molecule has 23 heavy (non-hydrogen) atoms. The first-order valence-electron chi connectivity index (χ1n) is 7.90. The maximum absolute atomic E-state index is 12.0. The first-order chi connectivity index (χ1) is 11.3. The number of hydrogen-bond acceptors (Lipinski definition) is 5. The Labute approximate surface area is 136 Å². The van der Waals surface area contributed by atoms with E-state index >= 15 is 0 Å². The van der Waals surface area contributed by atoms with E-state index in [4.69, 9.17) is 0 Å². The molecule has 1 aliphatic heterocycles. The zero-order valence-electron chi connectivity index (χ0n) is 13.1. The lowest BCUT2D eigenvalue weighted by molar-refractivity contribution is -0.116. The molecule has 1 aliphatic rings. The summed E-state index contributed by atoms with van der Waals surface area (Å²) in [5.41, 5.74) is 0.851. The minimum Gasteiger partial charge on any atom is -0.338 e. The SMILES string of the molecule is O=C(CCN1CCN(c2ncccn2)CC1)Nc1ccccc1. The van der Waals surface area contributed by atoms with Crippen LogP contribution in [0.25, 0.3) is 0 Å². The highest BCUT2D eigenvalue weighted by atomic mass is 16.1. The van der Waals surface area contributed by atoms with Crippen LogP contribution in [0.4, 0.5) is 11.6 Å². The highest BCUT2D eigenvalue weighted by molar-refractivity contribution is 5.90. The number of nitrogens with one attached hydrogen (secondary N) is 1. The Bertz CT molecular complexity index is 611. The number of para-hydroxylation sites is 1. The van der Waals surface area contributed by atoms with E-state index in [9.17, 15) is 4.79 Å². The van der Waals surface area contributed by atoms with Crippen molar-refractivity contribution in [3.05, 3.63) is 48.8 Å². The Morgan fingerprint density at radius 2 is 1.70 bits per heavy atom. The predicted octanol–water partition coefficient (Wildman–Crippen LogP) is 1.63. The van der Waals surface area contributed by atoms with Crippen LogP contribution in [-0.2, 0) is 4.79 Å². The van der Waals surface area contributed by atoms with Gasteiger partial charge in [-0.15, -0.1) is 0 Å². The molecule has 0 atom stereocenters. The summed E-state index contributed by atoms with van der Waals surface area (Å²) < 4.78 is 0. The summed E-state index contributed by atoms with van der Waals surface area (Å²) in [5.74, 6) is 0.846. The monoisotopic (exact) mass is 311 g/mol. The molecule has 1 amide bonds. The van der Waals surface area contributed by atoms with Crippen LogP contribution in [-0.4, -0.2) is 53.5 Å². The number of carbonyl (C=O) groups excluding carboxylic acids is 1. The van der Waals surface area contributed by atoms with Gasteiger partial charge in [0.2, 0.25) is 11.9 Å². The molecule has 0 unspecified atom stereocenters. The topological polar surface area (TPSA) is 61.4 Å². The van der Waals surface area contributed by atoms with E-state index in [-0.39, 0.29) is 5.91 Å². The van der Waals surface area contributed by atoms with Crippen molar-refractivity contribution in [2.24, 2.45) is 0 Å². The Morgan fingerprint density at radius 1 is 1.00 bits per heavy atom. The van der Waals surface area contributed by atoms with E-state index in [0.717, 1.165) is 44.4 Å². The Balaban J connectivity index is 1.40. The van der Waals surface area contributed by atoms with Crippen molar-refractivity contribution in [2.45, 2.75) is 6.42 Å². The highest BCUT2D eigenvalue weighted by Crippen LogP contribution is 2.10. The summed E-state index contributed by atoms with van der Waals surface area (Å²) >= 11 is 0. The molecule has 0 aliphatic carbocycles. The van der Waals surface area contributed by atoms with E-state index in [1.807, 2.05) is 36.4 Å². The normalized spacial score (nSPS) is 15.4. The molecule has 6 nitrogen and oxygen atoms in total. The molecule has 0 saturated carbocycles. The average molecular weight is 311 g/mol. The fourth-order valence-electron chi connectivity index (χ4n) is 2.63. The number of piperazine rings is 1. The summed E-state index contributed by atoms with van der Waals surface area (Å²) in [6.07, 6.45) is 4.04. The summed E-state index contributed by atoms with van der Waals surface area (Å²) in [7, 11) is 0. The van der Waals surface area contributed by atoms with Crippen molar-refractivity contribution >= 4 is 17.5 Å². The Morgan fingerprint density at radius 3 is 2.39 bits per heavy atom. The van der Waals surface area contributed by atoms with Gasteiger partial charge in [0.05, 0.1) is 0 Å². The van der Waals surface area contributed by atoms with Gasteiger partial charge in [-0.3, -0.25) is 9.69 Å². The molecule has 3 rings (SSSR count). The molecule has 0 bridgehead atoms. The molecule has 0 radical (unpaired) electrons. The number of hydrogen-bond donors (Lipinski definition) is 1. The second-order valence-corrected chi connectivity index (χ2v) is 5.54. The lowest BCUT2D eigenvalue weighted by Gasteiger charge is -2.34. The van der Waals surface area contributed by atoms with E-state index in [1.165, 1.54) is 0 Å². The molecule has 0 spiro atoms. The quantitative estimate of drug-likeness (QED) is 0.909. The van der Waals surface area contributed by atoms with Crippen LogP contribution >= 0.6 is 0 Å². The van der Waals surface area contributed by atoms with Gasteiger partial charge in [0.1, 0.15) is 0 Å². The predicted molar refractivity (Wildman–Crippen MR) is 90.4 cm³/mol. The summed E-state index contributed by atoms with van der Waals surface area (Å²) in [4.78, 5) is 25.0. The molecular weight excluding hydrogens is 290 g/mol. The van der Waals surface area contributed by atoms with Crippen molar-refractivity contribution in [2.75, 3.05) is 42.9 Å². The number of benzene rings is 1. The van der Waals surface area contributed by atoms with Crippen LogP contribution in [0.2, 0.25) is 0 Å². The maximum atomic E-state index is 12.0. The molecule has 2 heterocycles. The van der Waals surface area contributed by atoms with Gasteiger partial charge in [-0.2, -0.15) is 0 Å². The van der Waals surface area contributed by atoms with Gasteiger partial charge in [0, 0.05) is 57.2 Å². The van der Waals surface area contributed by atoms with Crippen LogP contribution < -0.4 is 10.2 Å². The van der Waals surface area contributed by atoms with Gasteiger partial charge < -0.3 is 10.2 Å². The van der Waals surface area contributed by atoms with Crippen LogP contribution in [0.1, 0.15) is 6.42 Å². The van der Waals surface area contributed by atoms with Gasteiger partial charge in [0.15, 0.2) is 0 Å².